The number of methoxy groups -OCH3 is 1. The first kappa shape index (κ1) is 10.9. The summed E-state index contributed by atoms with van der Waals surface area (Å²) in [6.45, 7) is 1.78. The minimum atomic E-state index is 0.802. The van der Waals surface area contributed by atoms with Crippen LogP contribution in [0.3, 0.4) is 0 Å². The first-order valence-corrected chi connectivity index (χ1v) is 5.72. The van der Waals surface area contributed by atoms with Crippen molar-refractivity contribution in [1.82, 2.24) is 4.98 Å². The third-order valence-corrected chi connectivity index (χ3v) is 3.30. The molecule has 1 rings (SSSR count). The standard InChI is InChI=1S/C8H13BrN2OS/c1-11(4-3-5-12-2)8-10-7(9)6-13-8/h6H,3-5H2,1-2H3. The van der Waals surface area contributed by atoms with E-state index in [1.165, 1.54) is 0 Å². The zero-order valence-corrected chi connectivity index (χ0v) is 10.2. The number of hydrogen-bond donors (Lipinski definition) is 0. The molecule has 5 heteroatoms. The van der Waals surface area contributed by atoms with E-state index in [1.807, 2.05) is 12.4 Å². The summed E-state index contributed by atoms with van der Waals surface area (Å²) in [6.07, 6.45) is 1.03. The maximum Gasteiger partial charge on any atom is 0.186 e. The average Bonchev–Trinajstić information content (AvgIpc) is 2.52. The fourth-order valence-electron chi connectivity index (χ4n) is 0.962. The number of hydrogen-bond acceptors (Lipinski definition) is 4. The number of rotatable bonds is 5. The number of aromatic nitrogens is 1. The van der Waals surface area contributed by atoms with Crippen molar-refractivity contribution in [3.8, 4) is 0 Å². The summed E-state index contributed by atoms with van der Waals surface area (Å²) in [7, 11) is 3.76. The third kappa shape index (κ3) is 3.62. The lowest BCUT2D eigenvalue weighted by Crippen LogP contribution is -2.19. The zero-order valence-electron chi connectivity index (χ0n) is 7.79. The molecular formula is C8H13BrN2OS. The highest BCUT2D eigenvalue weighted by Gasteiger charge is 2.04. The van der Waals surface area contributed by atoms with Crippen molar-refractivity contribution in [1.29, 1.82) is 0 Å². The number of halogens is 1. The molecule has 0 unspecified atom stereocenters. The van der Waals surface area contributed by atoms with Gasteiger partial charge in [-0.1, -0.05) is 0 Å². The zero-order chi connectivity index (χ0) is 9.68. The lowest BCUT2D eigenvalue weighted by atomic mass is 10.4. The predicted octanol–water partition coefficient (Wildman–Crippen LogP) is 2.38. The van der Waals surface area contributed by atoms with Crippen molar-refractivity contribution in [2.45, 2.75) is 6.42 Å². The van der Waals surface area contributed by atoms with Crippen LogP contribution in [-0.4, -0.2) is 32.3 Å². The van der Waals surface area contributed by atoms with Gasteiger partial charge in [0.1, 0.15) is 4.60 Å². The van der Waals surface area contributed by atoms with Crippen LogP contribution in [0.2, 0.25) is 0 Å². The lowest BCUT2D eigenvalue weighted by Gasteiger charge is -2.14. The van der Waals surface area contributed by atoms with Crippen LogP contribution < -0.4 is 4.90 Å². The maximum atomic E-state index is 4.98. The summed E-state index contributed by atoms with van der Waals surface area (Å²) < 4.78 is 5.89. The van der Waals surface area contributed by atoms with Crippen LogP contribution in [0.1, 0.15) is 6.42 Å². The van der Waals surface area contributed by atoms with Crippen LogP contribution in [0.15, 0.2) is 9.98 Å². The summed E-state index contributed by atoms with van der Waals surface area (Å²) >= 11 is 4.97. The number of anilines is 1. The van der Waals surface area contributed by atoms with Crippen molar-refractivity contribution in [3.63, 3.8) is 0 Å². The molecular weight excluding hydrogens is 252 g/mol. The van der Waals surface area contributed by atoms with E-state index in [-0.39, 0.29) is 0 Å². The summed E-state index contributed by atoms with van der Waals surface area (Å²) in [4.78, 5) is 6.44. The molecule has 0 aliphatic rings. The first-order valence-electron chi connectivity index (χ1n) is 4.05. The molecule has 0 aromatic carbocycles. The molecule has 0 aliphatic carbocycles. The van der Waals surface area contributed by atoms with E-state index in [1.54, 1.807) is 18.4 Å². The number of thiazole rings is 1. The Morgan fingerprint density at radius 3 is 3.00 bits per heavy atom. The van der Waals surface area contributed by atoms with Crippen LogP contribution in [0.5, 0.6) is 0 Å². The molecule has 0 saturated carbocycles. The maximum absolute atomic E-state index is 4.98. The topological polar surface area (TPSA) is 25.4 Å². The van der Waals surface area contributed by atoms with Gasteiger partial charge in [-0.2, -0.15) is 0 Å². The highest BCUT2D eigenvalue weighted by molar-refractivity contribution is 9.10. The summed E-state index contributed by atoms with van der Waals surface area (Å²) in [6, 6.07) is 0. The monoisotopic (exact) mass is 264 g/mol. The second kappa shape index (κ2) is 5.57. The van der Waals surface area contributed by atoms with Crippen molar-refractivity contribution >= 4 is 32.4 Å². The Hall–Kier alpha value is -0.130. The van der Waals surface area contributed by atoms with Crippen LogP contribution in [0, 0.1) is 0 Å². The average molecular weight is 265 g/mol. The van der Waals surface area contributed by atoms with Crippen molar-refractivity contribution < 1.29 is 4.74 Å². The van der Waals surface area contributed by atoms with Gasteiger partial charge in [-0.05, 0) is 22.4 Å². The molecule has 13 heavy (non-hydrogen) atoms. The first-order chi connectivity index (χ1) is 6.24. The van der Waals surface area contributed by atoms with Gasteiger partial charge in [-0.3, -0.25) is 0 Å². The largest absolute Gasteiger partial charge is 0.385 e. The molecule has 1 aromatic heterocycles. The Kier molecular flexibility index (Phi) is 4.69. The summed E-state index contributed by atoms with van der Waals surface area (Å²) in [5.74, 6) is 0. The van der Waals surface area contributed by atoms with Crippen molar-refractivity contribution in [2.75, 3.05) is 32.2 Å². The van der Waals surface area contributed by atoms with Gasteiger partial charge < -0.3 is 9.64 Å². The summed E-state index contributed by atoms with van der Waals surface area (Å²) in [5, 5.41) is 3.03. The molecule has 0 radical (unpaired) electrons. The van der Waals surface area contributed by atoms with Gasteiger partial charge in [0, 0.05) is 32.7 Å². The Labute approximate surface area is 90.9 Å². The smallest absolute Gasteiger partial charge is 0.186 e. The molecule has 1 aromatic rings. The SMILES string of the molecule is COCCCN(C)c1nc(Br)cs1. The van der Waals surface area contributed by atoms with Crippen LogP contribution in [0.4, 0.5) is 5.13 Å². The fourth-order valence-corrected chi connectivity index (χ4v) is 2.21. The van der Waals surface area contributed by atoms with Crippen LogP contribution >= 0.6 is 27.3 Å². The minimum Gasteiger partial charge on any atom is -0.385 e. The highest BCUT2D eigenvalue weighted by Crippen LogP contribution is 2.22. The van der Waals surface area contributed by atoms with Crippen LogP contribution in [0.25, 0.3) is 0 Å². The van der Waals surface area contributed by atoms with E-state index in [0.717, 1.165) is 29.3 Å². The van der Waals surface area contributed by atoms with Gasteiger partial charge in [-0.15, -0.1) is 11.3 Å². The van der Waals surface area contributed by atoms with E-state index in [9.17, 15) is 0 Å². The van der Waals surface area contributed by atoms with Crippen LogP contribution in [-0.2, 0) is 4.74 Å². The van der Waals surface area contributed by atoms with E-state index in [0.29, 0.717) is 0 Å². The molecule has 1 heterocycles. The van der Waals surface area contributed by atoms with Gasteiger partial charge in [0.05, 0.1) is 0 Å². The van der Waals surface area contributed by atoms with Gasteiger partial charge >= 0.3 is 0 Å². The number of ether oxygens (including phenoxy) is 1. The van der Waals surface area contributed by atoms with Gasteiger partial charge in [0.2, 0.25) is 0 Å². The van der Waals surface area contributed by atoms with Gasteiger partial charge in [0.15, 0.2) is 5.13 Å². The molecule has 0 saturated heterocycles. The normalized spacial score (nSPS) is 10.4. The lowest BCUT2D eigenvalue weighted by molar-refractivity contribution is 0.196. The molecule has 0 bridgehead atoms. The van der Waals surface area contributed by atoms with Gasteiger partial charge in [0.25, 0.3) is 0 Å². The molecule has 0 aliphatic heterocycles. The molecule has 0 amide bonds. The quantitative estimate of drug-likeness (QED) is 0.764. The van der Waals surface area contributed by atoms with Crippen molar-refractivity contribution in [2.24, 2.45) is 0 Å². The Bertz CT molecular complexity index is 254. The van der Waals surface area contributed by atoms with Crippen molar-refractivity contribution in [3.05, 3.63) is 9.98 Å². The Balaban J connectivity index is 2.35. The molecule has 0 atom stereocenters. The minimum absolute atomic E-state index is 0.802. The van der Waals surface area contributed by atoms with E-state index >= 15 is 0 Å². The Morgan fingerprint density at radius 2 is 2.46 bits per heavy atom. The molecule has 0 spiro atoms. The third-order valence-electron chi connectivity index (χ3n) is 1.63. The van der Waals surface area contributed by atoms with E-state index < -0.39 is 0 Å². The Morgan fingerprint density at radius 1 is 1.69 bits per heavy atom. The summed E-state index contributed by atoms with van der Waals surface area (Å²) in [5.41, 5.74) is 0. The predicted molar refractivity (Wildman–Crippen MR) is 59.6 cm³/mol. The molecule has 3 nitrogen and oxygen atoms in total. The highest BCUT2D eigenvalue weighted by atomic mass is 79.9. The second-order valence-corrected chi connectivity index (χ2v) is 4.37. The molecule has 74 valence electrons. The van der Waals surface area contributed by atoms with E-state index in [2.05, 4.69) is 25.8 Å². The molecule has 0 fully saturated rings. The molecule has 0 N–H and O–H groups in total. The van der Waals surface area contributed by atoms with Gasteiger partial charge in [-0.25, -0.2) is 4.98 Å². The second-order valence-electron chi connectivity index (χ2n) is 2.72. The van der Waals surface area contributed by atoms with E-state index in [4.69, 9.17) is 4.74 Å². The fraction of sp³-hybridized carbons (Fsp3) is 0.625. The number of nitrogens with zero attached hydrogens (tertiary/aromatic N) is 2.